The van der Waals surface area contributed by atoms with Crippen LogP contribution in [0.2, 0.25) is 0 Å². The Bertz CT molecular complexity index is 447. The lowest BCUT2D eigenvalue weighted by Crippen LogP contribution is -1.91. The lowest BCUT2D eigenvalue weighted by molar-refractivity contribution is 0.537. The van der Waals surface area contributed by atoms with Gasteiger partial charge in [0, 0.05) is 5.56 Å². The average Bonchev–Trinajstić information content (AvgIpc) is 2.65. The molecule has 0 aliphatic heterocycles. The summed E-state index contributed by atoms with van der Waals surface area (Å²) in [6, 6.07) is 10.1. The van der Waals surface area contributed by atoms with Crippen molar-refractivity contribution in [1.82, 2.24) is 0 Å². The van der Waals surface area contributed by atoms with Crippen LogP contribution < -0.4 is 0 Å². The van der Waals surface area contributed by atoms with Gasteiger partial charge in [-0.2, -0.15) is 0 Å². The van der Waals surface area contributed by atoms with Crippen molar-refractivity contribution >= 4 is 27.5 Å². The van der Waals surface area contributed by atoms with Gasteiger partial charge in [0.1, 0.15) is 0 Å². The topological polar surface area (TPSA) is 13.1 Å². The van der Waals surface area contributed by atoms with Crippen molar-refractivity contribution in [3.8, 4) is 0 Å². The molecule has 0 amide bonds. The molecule has 1 aromatic carbocycles. The second-order valence-corrected chi connectivity index (χ2v) is 4.58. The van der Waals surface area contributed by atoms with E-state index >= 15 is 0 Å². The Hall–Kier alpha value is -0.730. The maximum absolute atomic E-state index is 6.34. The SMILES string of the molecule is Cc1ccc(C(Cl)c2ccoc2Br)cc1. The number of hydrogen-bond acceptors (Lipinski definition) is 1. The number of rotatable bonds is 2. The zero-order valence-corrected chi connectivity index (χ0v) is 10.5. The maximum atomic E-state index is 6.34. The van der Waals surface area contributed by atoms with Gasteiger partial charge in [-0.1, -0.05) is 29.8 Å². The number of benzene rings is 1. The Balaban J connectivity index is 2.32. The van der Waals surface area contributed by atoms with Crippen LogP contribution in [0.1, 0.15) is 22.1 Å². The van der Waals surface area contributed by atoms with Crippen LogP contribution in [0.5, 0.6) is 0 Å². The van der Waals surface area contributed by atoms with E-state index < -0.39 is 0 Å². The average molecular weight is 286 g/mol. The monoisotopic (exact) mass is 284 g/mol. The minimum Gasteiger partial charge on any atom is -0.457 e. The van der Waals surface area contributed by atoms with Gasteiger partial charge in [-0.25, -0.2) is 0 Å². The molecule has 1 heterocycles. The Labute approximate surface area is 102 Å². The van der Waals surface area contributed by atoms with Crippen LogP contribution in [0.25, 0.3) is 0 Å². The molecule has 0 saturated carbocycles. The fourth-order valence-corrected chi connectivity index (χ4v) is 2.32. The summed E-state index contributed by atoms with van der Waals surface area (Å²) in [4.78, 5) is 0. The van der Waals surface area contributed by atoms with Crippen LogP contribution >= 0.6 is 27.5 Å². The molecule has 1 aromatic heterocycles. The molecule has 0 radical (unpaired) electrons. The summed E-state index contributed by atoms with van der Waals surface area (Å²) in [6.07, 6.45) is 1.63. The second kappa shape index (κ2) is 4.42. The molecule has 0 saturated heterocycles. The molecule has 0 N–H and O–H groups in total. The molecule has 78 valence electrons. The van der Waals surface area contributed by atoms with Gasteiger partial charge in [0.15, 0.2) is 4.67 Å². The number of hydrogen-bond donors (Lipinski definition) is 0. The molecular formula is C12H10BrClO. The smallest absolute Gasteiger partial charge is 0.173 e. The van der Waals surface area contributed by atoms with E-state index in [0.29, 0.717) is 4.67 Å². The van der Waals surface area contributed by atoms with Crippen molar-refractivity contribution in [2.24, 2.45) is 0 Å². The highest BCUT2D eigenvalue weighted by molar-refractivity contribution is 9.10. The highest BCUT2D eigenvalue weighted by atomic mass is 79.9. The van der Waals surface area contributed by atoms with Crippen LogP contribution in [0.3, 0.4) is 0 Å². The van der Waals surface area contributed by atoms with Crippen LogP contribution in [0.15, 0.2) is 45.7 Å². The molecule has 0 aliphatic rings. The molecule has 0 aliphatic carbocycles. The van der Waals surface area contributed by atoms with E-state index in [1.54, 1.807) is 6.26 Å². The van der Waals surface area contributed by atoms with Crippen LogP contribution in [0.4, 0.5) is 0 Å². The molecule has 0 bridgehead atoms. The van der Waals surface area contributed by atoms with Gasteiger partial charge >= 0.3 is 0 Å². The second-order valence-electron chi connectivity index (χ2n) is 3.42. The van der Waals surface area contributed by atoms with Gasteiger partial charge in [-0.3, -0.25) is 0 Å². The summed E-state index contributed by atoms with van der Waals surface area (Å²) < 4.78 is 5.86. The first-order chi connectivity index (χ1) is 7.18. The van der Waals surface area contributed by atoms with Gasteiger partial charge in [0.2, 0.25) is 0 Å². The summed E-state index contributed by atoms with van der Waals surface area (Å²) in [5, 5.41) is -0.168. The molecule has 0 fully saturated rings. The minimum absolute atomic E-state index is 0.168. The Kier molecular flexibility index (Phi) is 3.17. The first-order valence-electron chi connectivity index (χ1n) is 4.62. The third-order valence-corrected chi connectivity index (χ3v) is 3.42. The molecule has 15 heavy (non-hydrogen) atoms. The molecule has 2 aromatic rings. The quantitative estimate of drug-likeness (QED) is 0.730. The minimum atomic E-state index is -0.168. The van der Waals surface area contributed by atoms with Crippen molar-refractivity contribution < 1.29 is 4.42 Å². The Morgan fingerprint density at radius 2 is 1.87 bits per heavy atom. The van der Waals surface area contributed by atoms with Crippen molar-refractivity contribution in [3.05, 3.63) is 58.0 Å². The van der Waals surface area contributed by atoms with Crippen LogP contribution in [0, 0.1) is 6.92 Å². The Morgan fingerprint density at radius 1 is 1.20 bits per heavy atom. The fourth-order valence-electron chi connectivity index (χ4n) is 1.40. The van der Waals surface area contributed by atoms with E-state index in [1.165, 1.54) is 5.56 Å². The maximum Gasteiger partial charge on any atom is 0.173 e. The lowest BCUT2D eigenvalue weighted by Gasteiger charge is -2.08. The van der Waals surface area contributed by atoms with Crippen molar-refractivity contribution in [3.63, 3.8) is 0 Å². The van der Waals surface area contributed by atoms with E-state index in [1.807, 2.05) is 18.2 Å². The third-order valence-electron chi connectivity index (χ3n) is 2.29. The largest absolute Gasteiger partial charge is 0.457 e. The summed E-state index contributed by atoms with van der Waals surface area (Å²) in [7, 11) is 0. The molecule has 1 nitrogen and oxygen atoms in total. The third kappa shape index (κ3) is 2.27. The predicted molar refractivity (Wildman–Crippen MR) is 65.3 cm³/mol. The van der Waals surface area contributed by atoms with E-state index in [2.05, 4.69) is 35.0 Å². The first kappa shape index (κ1) is 10.8. The van der Waals surface area contributed by atoms with Gasteiger partial charge in [0.25, 0.3) is 0 Å². The normalized spacial score (nSPS) is 12.7. The van der Waals surface area contributed by atoms with Gasteiger partial charge in [-0.15, -0.1) is 11.6 Å². The number of halogens is 2. The number of furan rings is 1. The van der Waals surface area contributed by atoms with Crippen molar-refractivity contribution in [2.45, 2.75) is 12.3 Å². The van der Waals surface area contributed by atoms with E-state index in [-0.39, 0.29) is 5.38 Å². The lowest BCUT2D eigenvalue weighted by atomic mass is 10.1. The number of alkyl halides is 1. The van der Waals surface area contributed by atoms with Crippen LogP contribution in [-0.2, 0) is 0 Å². The summed E-state index contributed by atoms with van der Waals surface area (Å²) >= 11 is 9.67. The predicted octanol–water partition coefficient (Wildman–Crippen LogP) is 4.68. The molecule has 0 spiro atoms. The zero-order chi connectivity index (χ0) is 10.8. The van der Waals surface area contributed by atoms with Crippen molar-refractivity contribution in [2.75, 3.05) is 0 Å². The zero-order valence-electron chi connectivity index (χ0n) is 8.21. The number of aryl methyl sites for hydroxylation is 1. The molecule has 3 heteroatoms. The molecule has 2 rings (SSSR count). The summed E-state index contributed by atoms with van der Waals surface area (Å²) in [5.74, 6) is 0. The van der Waals surface area contributed by atoms with Crippen molar-refractivity contribution in [1.29, 1.82) is 0 Å². The molecule has 1 unspecified atom stereocenters. The molecule has 1 atom stereocenters. The van der Waals surface area contributed by atoms with E-state index in [4.69, 9.17) is 16.0 Å². The van der Waals surface area contributed by atoms with Crippen LogP contribution in [-0.4, -0.2) is 0 Å². The van der Waals surface area contributed by atoms with Gasteiger partial charge in [0.05, 0.1) is 11.6 Å². The highest BCUT2D eigenvalue weighted by Crippen LogP contribution is 2.34. The summed E-state index contributed by atoms with van der Waals surface area (Å²) in [5.41, 5.74) is 3.26. The molecular weight excluding hydrogens is 275 g/mol. The first-order valence-corrected chi connectivity index (χ1v) is 5.85. The standard InChI is InChI=1S/C12H10BrClO/c1-8-2-4-9(5-3-8)11(14)10-6-7-15-12(10)13/h2-7,11H,1H3. The summed E-state index contributed by atoms with van der Waals surface area (Å²) in [6.45, 7) is 2.06. The fraction of sp³-hybridized carbons (Fsp3) is 0.167. The highest BCUT2D eigenvalue weighted by Gasteiger charge is 2.15. The van der Waals surface area contributed by atoms with E-state index in [9.17, 15) is 0 Å². The Morgan fingerprint density at radius 3 is 2.40 bits per heavy atom. The van der Waals surface area contributed by atoms with Gasteiger partial charge in [-0.05, 0) is 34.5 Å². The van der Waals surface area contributed by atoms with Gasteiger partial charge < -0.3 is 4.42 Å². The van der Waals surface area contributed by atoms with E-state index in [0.717, 1.165) is 11.1 Å².